The van der Waals surface area contributed by atoms with Crippen molar-refractivity contribution in [1.82, 2.24) is 0 Å². The minimum Gasteiger partial charge on any atom is -0.492 e. The Morgan fingerprint density at radius 1 is 1.00 bits per heavy atom. The van der Waals surface area contributed by atoms with Crippen LogP contribution >= 0.6 is 0 Å². The molecular weight excluding hydrogens is 248 g/mol. The van der Waals surface area contributed by atoms with E-state index in [1.165, 1.54) is 0 Å². The molecule has 20 heavy (non-hydrogen) atoms. The lowest BCUT2D eigenvalue weighted by molar-refractivity contribution is 0.0918. The highest BCUT2D eigenvalue weighted by molar-refractivity contribution is 6.00. The van der Waals surface area contributed by atoms with Crippen molar-refractivity contribution in [2.45, 2.75) is 20.3 Å². The number of carbonyl (C=O) groups excluding carboxylic acids is 1. The first-order valence-electron chi connectivity index (χ1n) is 6.91. The van der Waals surface area contributed by atoms with Gasteiger partial charge < -0.3 is 4.74 Å². The zero-order valence-corrected chi connectivity index (χ0v) is 11.8. The van der Waals surface area contributed by atoms with E-state index in [-0.39, 0.29) is 11.2 Å². The van der Waals surface area contributed by atoms with E-state index in [1.54, 1.807) is 0 Å². The van der Waals surface area contributed by atoms with Crippen molar-refractivity contribution in [3.8, 4) is 16.9 Å². The summed E-state index contributed by atoms with van der Waals surface area (Å²) in [5, 5.41) is 0. The minimum absolute atomic E-state index is 0.108. The van der Waals surface area contributed by atoms with Crippen LogP contribution in [0, 0.1) is 5.41 Å². The highest BCUT2D eigenvalue weighted by atomic mass is 16.5. The van der Waals surface area contributed by atoms with Crippen LogP contribution in [-0.2, 0) is 0 Å². The number of Topliss-reactive ketones (excluding diaryl/α,β-unsaturated/α-hetero) is 1. The van der Waals surface area contributed by atoms with Crippen LogP contribution in [0.2, 0.25) is 0 Å². The number of hydrogen-bond acceptors (Lipinski definition) is 2. The molecule has 0 radical (unpaired) electrons. The molecule has 2 nitrogen and oxygen atoms in total. The van der Waals surface area contributed by atoms with Gasteiger partial charge in [-0.05, 0) is 23.3 Å². The second-order valence-electron chi connectivity index (χ2n) is 6.13. The Labute approximate surface area is 119 Å². The molecular formula is C18H18O2. The minimum atomic E-state index is -0.108. The third kappa shape index (κ3) is 2.46. The topological polar surface area (TPSA) is 26.3 Å². The molecule has 0 aliphatic carbocycles. The predicted octanol–water partition coefficient (Wildman–Crippen LogP) is 4.35. The number of benzene rings is 2. The SMILES string of the molecule is CC1(C)COc2ccc(-c3ccccc3)cc2C(=O)C1. The number of ketones is 1. The van der Waals surface area contributed by atoms with Gasteiger partial charge in [0, 0.05) is 11.8 Å². The van der Waals surface area contributed by atoms with Gasteiger partial charge in [0.15, 0.2) is 5.78 Å². The van der Waals surface area contributed by atoms with E-state index in [0.717, 1.165) is 11.1 Å². The lowest BCUT2D eigenvalue weighted by Gasteiger charge is -2.19. The lowest BCUT2D eigenvalue weighted by Crippen LogP contribution is -2.21. The van der Waals surface area contributed by atoms with E-state index < -0.39 is 0 Å². The first kappa shape index (κ1) is 12.9. The monoisotopic (exact) mass is 266 g/mol. The average Bonchev–Trinajstić information content (AvgIpc) is 2.56. The first-order valence-corrected chi connectivity index (χ1v) is 6.91. The smallest absolute Gasteiger partial charge is 0.167 e. The summed E-state index contributed by atoms with van der Waals surface area (Å²) < 4.78 is 5.80. The molecule has 0 atom stereocenters. The Morgan fingerprint density at radius 3 is 2.50 bits per heavy atom. The maximum Gasteiger partial charge on any atom is 0.167 e. The molecule has 0 fully saturated rings. The maximum atomic E-state index is 12.4. The van der Waals surface area contributed by atoms with Gasteiger partial charge in [-0.1, -0.05) is 50.2 Å². The number of carbonyl (C=O) groups is 1. The quantitative estimate of drug-likeness (QED) is 0.767. The normalized spacial score (nSPS) is 17.0. The highest BCUT2D eigenvalue weighted by Gasteiger charge is 2.29. The molecule has 102 valence electrons. The summed E-state index contributed by atoms with van der Waals surface area (Å²) >= 11 is 0. The maximum absolute atomic E-state index is 12.4. The molecule has 1 heterocycles. The number of rotatable bonds is 1. The molecule has 3 rings (SSSR count). The zero-order valence-electron chi connectivity index (χ0n) is 11.8. The van der Waals surface area contributed by atoms with Crippen molar-refractivity contribution in [3.05, 3.63) is 54.1 Å². The third-order valence-electron chi connectivity index (χ3n) is 3.64. The van der Waals surface area contributed by atoms with Gasteiger partial charge in [-0.2, -0.15) is 0 Å². The summed E-state index contributed by atoms with van der Waals surface area (Å²) in [5.41, 5.74) is 2.77. The second-order valence-corrected chi connectivity index (χ2v) is 6.13. The second kappa shape index (κ2) is 4.78. The van der Waals surface area contributed by atoms with Crippen LogP contribution in [0.5, 0.6) is 5.75 Å². The van der Waals surface area contributed by atoms with E-state index in [1.807, 2.05) is 48.5 Å². The molecule has 0 N–H and O–H groups in total. The molecule has 0 spiro atoms. The fraction of sp³-hybridized carbons (Fsp3) is 0.278. The summed E-state index contributed by atoms with van der Waals surface area (Å²) in [5.74, 6) is 0.875. The Kier molecular flexibility index (Phi) is 3.09. The Balaban J connectivity index is 2.04. The van der Waals surface area contributed by atoms with Gasteiger partial charge in [0.2, 0.25) is 0 Å². The fourth-order valence-corrected chi connectivity index (χ4v) is 2.54. The zero-order chi connectivity index (χ0) is 14.2. The molecule has 1 aliphatic heterocycles. The van der Waals surface area contributed by atoms with Crippen molar-refractivity contribution in [1.29, 1.82) is 0 Å². The van der Waals surface area contributed by atoms with Gasteiger partial charge >= 0.3 is 0 Å². The van der Waals surface area contributed by atoms with E-state index in [4.69, 9.17) is 4.74 Å². The molecule has 0 saturated heterocycles. The third-order valence-corrected chi connectivity index (χ3v) is 3.64. The van der Waals surface area contributed by atoms with Crippen molar-refractivity contribution in [2.75, 3.05) is 6.61 Å². The molecule has 0 saturated carbocycles. The highest BCUT2D eigenvalue weighted by Crippen LogP contribution is 2.34. The fourth-order valence-electron chi connectivity index (χ4n) is 2.54. The van der Waals surface area contributed by atoms with Crippen molar-refractivity contribution in [3.63, 3.8) is 0 Å². The van der Waals surface area contributed by atoms with Crippen LogP contribution < -0.4 is 4.74 Å². The van der Waals surface area contributed by atoms with Crippen LogP contribution in [0.25, 0.3) is 11.1 Å². The first-order chi connectivity index (χ1) is 9.55. The van der Waals surface area contributed by atoms with Crippen LogP contribution in [0.15, 0.2) is 48.5 Å². The van der Waals surface area contributed by atoms with Crippen molar-refractivity contribution in [2.24, 2.45) is 5.41 Å². The number of fused-ring (bicyclic) bond motifs is 1. The van der Waals surface area contributed by atoms with Gasteiger partial charge in [0.1, 0.15) is 5.75 Å². The summed E-state index contributed by atoms with van der Waals surface area (Å²) in [6.45, 7) is 4.71. The van der Waals surface area contributed by atoms with E-state index in [0.29, 0.717) is 24.3 Å². The Hall–Kier alpha value is -2.09. The van der Waals surface area contributed by atoms with Gasteiger partial charge in [-0.25, -0.2) is 0 Å². The molecule has 2 aromatic carbocycles. The Bertz CT molecular complexity index is 642. The van der Waals surface area contributed by atoms with E-state index in [2.05, 4.69) is 13.8 Å². The number of hydrogen-bond donors (Lipinski definition) is 0. The summed E-state index contributed by atoms with van der Waals surface area (Å²) in [4.78, 5) is 12.4. The van der Waals surface area contributed by atoms with Crippen LogP contribution in [-0.4, -0.2) is 12.4 Å². The van der Waals surface area contributed by atoms with Crippen molar-refractivity contribution >= 4 is 5.78 Å². The van der Waals surface area contributed by atoms with Gasteiger partial charge in [-0.15, -0.1) is 0 Å². The van der Waals surface area contributed by atoms with Gasteiger partial charge in [-0.3, -0.25) is 4.79 Å². The molecule has 0 bridgehead atoms. The molecule has 2 aromatic rings. The molecule has 1 aliphatic rings. The van der Waals surface area contributed by atoms with Gasteiger partial charge in [0.25, 0.3) is 0 Å². The molecule has 0 unspecified atom stereocenters. The summed E-state index contributed by atoms with van der Waals surface area (Å²) in [7, 11) is 0. The van der Waals surface area contributed by atoms with Crippen LogP contribution in [0.1, 0.15) is 30.6 Å². The lowest BCUT2D eigenvalue weighted by atomic mass is 9.87. The predicted molar refractivity (Wildman–Crippen MR) is 80.1 cm³/mol. The van der Waals surface area contributed by atoms with Crippen LogP contribution in [0.3, 0.4) is 0 Å². The Morgan fingerprint density at radius 2 is 1.75 bits per heavy atom. The van der Waals surface area contributed by atoms with Crippen LogP contribution in [0.4, 0.5) is 0 Å². The standard InChI is InChI=1S/C18H18O2/c1-18(2)11-16(19)15-10-14(8-9-17(15)20-12-18)13-6-4-3-5-7-13/h3-10H,11-12H2,1-2H3. The van der Waals surface area contributed by atoms with Crippen molar-refractivity contribution < 1.29 is 9.53 Å². The van der Waals surface area contributed by atoms with Gasteiger partial charge in [0.05, 0.1) is 12.2 Å². The average molecular weight is 266 g/mol. The molecule has 2 heteroatoms. The summed E-state index contributed by atoms with van der Waals surface area (Å²) in [6, 6.07) is 16.0. The van der Waals surface area contributed by atoms with E-state index >= 15 is 0 Å². The number of ether oxygens (including phenoxy) is 1. The van der Waals surface area contributed by atoms with E-state index in [9.17, 15) is 4.79 Å². The molecule has 0 aromatic heterocycles. The summed E-state index contributed by atoms with van der Waals surface area (Å²) in [6.07, 6.45) is 0.526. The largest absolute Gasteiger partial charge is 0.492 e. The molecule has 0 amide bonds.